The van der Waals surface area contributed by atoms with Crippen molar-refractivity contribution in [3.05, 3.63) is 64.1 Å². The van der Waals surface area contributed by atoms with Crippen LogP contribution >= 0.6 is 35.6 Å². The molecule has 0 saturated carbocycles. The molecule has 3 rings (SSSR count). The lowest BCUT2D eigenvalue weighted by Gasteiger charge is -2.16. The molecule has 2 aromatic carbocycles. The number of carbonyl (C=O) groups excluding carboxylic acids is 1. The van der Waals surface area contributed by atoms with Crippen LogP contribution in [0.4, 0.5) is 5.69 Å². The van der Waals surface area contributed by atoms with Crippen molar-refractivity contribution in [3.8, 4) is 0 Å². The van der Waals surface area contributed by atoms with Gasteiger partial charge in [0.2, 0.25) is 5.91 Å². The Morgan fingerprint density at radius 1 is 1.12 bits per heavy atom. The monoisotopic (exact) mass is 399 g/mol. The van der Waals surface area contributed by atoms with Crippen LogP contribution in [0.25, 0.3) is 0 Å². The third-order valence-corrected chi connectivity index (χ3v) is 5.08. The number of rotatable bonds is 4. The Morgan fingerprint density at radius 2 is 1.84 bits per heavy atom. The molecule has 1 aliphatic heterocycles. The third-order valence-electron chi connectivity index (χ3n) is 4.26. The fraction of sp³-hybridized carbons (Fsp3) is 0.278. The first-order valence-electron chi connectivity index (χ1n) is 7.81. The smallest absolute Gasteiger partial charge is 0.238 e. The third kappa shape index (κ3) is 4.87. The number of amides is 1. The topological polar surface area (TPSA) is 58.4 Å². The van der Waals surface area contributed by atoms with Gasteiger partial charge in [0.25, 0.3) is 0 Å². The molecular weight excluding hydrogens is 381 g/mol. The van der Waals surface area contributed by atoms with Crippen molar-refractivity contribution < 1.29 is 4.79 Å². The van der Waals surface area contributed by atoms with E-state index in [9.17, 15) is 4.79 Å². The van der Waals surface area contributed by atoms with Crippen molar-refractivity contribution in [1.82, 2.24) is 4.90 Å². The minimum atomic E-state index is -0.125. The van der Waals surface area contributed by atoms with Gasteiger partial charge in [-0.1, -0.05) is 59.6 Å². The molecule has 1 saturated heterocycles. The summed E-state index contributed by atoms with van der Waals surface area (Å²) in [7, 11) is 0. The standard InChI is InChI=1S/C18H19Cl2N3O.ClH/c19-14-7-4-8-16(18(14)20)22-17(24)11-23-9-13(15(21)10-23)12-5-2-1-3-6-12;/h1-8,13,15H,9-11,21H2,(H,22,24);1H/t13-,15+;/m0./s1. The minimum Gasteiger partial charge on any atom is -0.326 e. The zero-order valence-electron chi connectivity index (χ0n) is 13.5. The molecule has 1 heterocycles. The summed E-state index contributed by atoms with van der Waals surface area (Å²) in [5.74, 6) is 0.119. The van der Waals surface area contributed by atoms with E-state index in [1.165, 1.54) is 5.56 Å². The van der Waals surface area contributed by atoms with Crippen LogP contribution in [-0.4, -0.2) is 36.5 Å². The summed E-state index contributed by atoms with van der Waals surface area (Å²) >= 11 is 12.1. The Morgan fingerprint density at radius 3 is 2.56 bits per heavy atom. The molecule has 0 spiro atoms. The second kappa shape index (κ2) is 8.88. The highest BCUT2D eigenvalue weighted by atomic mass is 35.5. The Labute approximate surface area is 163 Å². The van der Waals surface area contributed by atoms with E-state index in [0.717, 1.165) is 6.54 Å². The van der Waals surface area contributed by atoms with Crippen molar-refractivity contribution >= 4 is 47.2 Å². The summed E-state index contributed by atoms with van der Waals surface area (Å²) < 4.78 is 0. The van der Waals surface area contributed by atoms with E-state index in [1.54, 1.807) is 18.2 Å². The molecule has 1 fully saturated rings. The molecule has 4 nitrogen and oxygen atoms in total. The summed E-state index contributed by atoms with van der Waals surface area (Å²) in [4.78, 5) is 14.4. The minimum absolute atomic E-state index is 0. The molecule has 1 amide bonds. The lowest BCUT2D eigenvalue weighted by atomic mass is 9.95. The van der Waals surface area contributed by atoms with Crippen LogP contribution in [0.15, 0.2) is 48.5 Å². The molecule has 0 bridgehead atoms. The molecule has 2 aromatic rings. The molecule has 3 N–H and O–H groups in total. The first-order chi connectivity index (χ1) is 11.5. The van der Waals surface area contributed by atoms with E-state index in [0.29, 0.717) is 22.3 Å². The molecule has 2 atom stereocenters. The molecule has 7 heteroatoms. The highest BCUT2D eigenvalue weighted by molar-refractivity contribution is 6.44. The van der Waals surface area contributed by atoms with Gasteiger partial charge in [0.1, 0.15) is 0 Å². The fourth-order valence-electron chi connectivity index (χ4n) is 3.09. The number of benzene rings is 2. The molecular formula is C18H20Cl3N3O. The molecule has 0 radical (unpaired) electrons. The number of hydrogen-bond acceptors (Lipinski definition) is 3. The van der Waals surface area contributed by atoms with Gasteiger partial charge in [-0.05, 0) is 17.7 Å². The van der Waals surface area contributed by atoms with Crippen molar-refractivity contribution in [2.45, 2.75) is 12.0 Å². The number of nitrogens with one attached hydrogen (secondary N) is 1. The molecule has 1 aliphatic rings. The number of anilines is 1. The number of nitrogens with two attached hydrogens (primary N) is 1. The SMILES string of the molecule is Cl.N[C@@H]1CN(CC(=O)Nc2cccc(Cl)c2Cl)C[C@H]1c1ccccc1. The Balaban J connectivity index is 0.00000225. The molecule has 134 valence electrons. The van der Waals surface area contributed by atoms with Crippen LogP contribution in [0.3, 0.4) is 0 Å². The van der Waals surface area contributed by atoms with E-state index in [2.05, 4.69) is 22.3 Å². The van der Waals surface area contributed by atoms with Gasteiger partial charge in [0.15, 0.2) is 0 Å². The maximum Gasteiger partial charge on any atom is 0.238 e. The fourth-order valence-corrected chi connectivity index (χ4v) is 3.44. The highest BCUT2D eigenvalue weighted by Gasteiger charge is 2.32. The van der Waals surface area contributed by atoms with E-state index in [-0.39, 0.29) is 36.8 Å². The molecule has 25 heavy (non-hydrogen) atoms. The first-order valence-corrected chi connectivity index (χ1v) is 8.57. The van der Waals surface area contributed by atoms with Gasteiger partial charge >= 0.3 is 0 Å². The van der Waals surface area contributed by atoms with Gasteiger partial charge < -0.3 is 11.1 Å². The largest absolute Gasteiger partial charge is 0.326 e. The molecule has 0 aromatic heterocycles. The molecule has 0 aliphatic carbocycles. The summed E-state index contributed by atoms with van der Waals surface area (Å²) in [6.45, 7) is 1.73. The number of halogens is 3. The quantitative estimate of drug-likeness (QED) is 0.821. The highest BCUT2D eigenvalue weighted by Crippen LogP contribution is 2.30. The van der Waals surface area contributed by atoms with Crippen molar-refractivity contribution in [2.75, 3.05) is 25.0 Å². The van der Waals surface area contributed by atoms with Crippen molar-refractivity contribution in [3.63, 3.8) is 0 Å². The van der Waals surface area contributed by atoms with Crippen LogP contribution < -0.4 is 11.1 Å². The second-order valence-corrected chi connectivity index (χ2v) is 6.81. The van der Waals surface area contributed by atoms with Crippen LogP contribution in [0.2, 0.25) is 10.0 Å². The van der Waals surface area contributed by atoms with Crippen molar-refractivity contribution in [1.29, 1.82) is 0 Å². The van der Waals surface area contributed by atoms with Gasteiger partial charge in [0, 0.05) is 25.0 Å². The lowest BCUT2D eigenvalue weighted by molar-refractivity contribution is -0.117. The van der Waals surface area contributed by atoms with E-state index in [4.69, 9.17) is 28.9 Å². The predicted octanol–water partition coefficient (Wildman–Crippen LogP) is 3.78. The summed E-state index contributed by atoms with van der Waals surface area (Å²) in [6.07, 6.45) is 0. The summed E-state index contributed by atoms with van der Waals surface area (Å²) in [5.41, 5.74) is 8.00. The number of hydrogen-bond donors (Lipinski definition) is 2. The first kappa shape index (κ1) is 20.0. The van der Waals surface area contributed by atoms with Gasteiger partial charge in [-0.25, -0.2) is 0 Å². The van der Waals surface area contributed by atoms with Gasteiger partial charge in [-0.3, -0.25) is 9.69 Å². The normalized spacial score (nSPS) is 20.1. The zero-order valence-corrected chi connectivity index (χ0v) is 15.8. The Hall–Kier alpha value is -1.30. The van der Waals surface area contributed by atoms with Crippen LogP contribution in [0.5, 0.6) is 0 Å². The van der Waals surface area contributed by atoms with E-state index >= 15 is 0 Å². The Bertz CT molecular complexity index is 727. The van der Waals surface area contributed by atoms with Crippen LogP contribution in [0.1, 0.15) is 11.5 Å². The maximum absolute atomic E-state index is 12.3. The van der Waals surface area contributed by atoms with Gasteiger partial charge in [0.05, 0.1) is 22.3 Å². The number of carbonyl (C=O) groups is 1. The average Bonchev–Trinajstić information content (AvgIpc) is 2.93. The Kier molecular flexibility index (Phi) is 7.11. The van der Waals surface area contributed by atoms with Crippen molar-refractivity contribution in [2.24, 2.45) is 5.73 Å². The van der Waals surface area contributed by atoms with Crippen LogP contribution in [-0.2, 0) is 4.79 Å². The maximum atomic E-state index is 12.3. The number of likely N-dealkylation sites (tertiary alicyclic amines) is 1. The van der Waals surface area contributed by atoms with Crippen LogP contribution in [0, 0.1) is 0 Å². The summed E-state index contributed by atoms with van der Waals surface area (Å²) in [6, 6.07) is 15.4. The van der Waals surface area contributed by atoms with Gasteiger partial charge in [-0.2, -0.15) is 0 Å². The number of nitrogens with zero attached hydrogens (tertiary/aromatic N) is 1. The van der Waals surface area contributed by atoms with Gasteiger partial charge in [-0.15, -0.1) is 12.4 Å². The second-order valence-electron chi connectivity index (χ2n) is 6.02. The van der Waals surface area contributed by atoms with E-state index < -0.39 is 0 Å². The molecule has 0 unspecified atom stereocenters. The summed E-state index contributed by atoms with van der Waals surface area (Å²) in [5, 5.41) is 3.58. The zero-order chi connectivity index (χ0) is 17.1. The average molecular weight is 401 g/mol. The predicted molar refractivity (Wildman–Crippen MR) is 106 cm³/mol. The van der Waals surface area contributed by atoms with E-state index in [1.807, 2.05) is 18.2 Å². The lowest BCUT2D eigenvalue weighted by Crippen LogP contribution is -2.33.